The van der Waals surface area contributed by atoms with Gasteiger partial charge in [-0.3, -0.25) is 4.79 Å². The smallest absolute Gasteiger partial charge is 0.220 e. The summed E-state index contributed by atoms with van der Waals surface area (Å²) in [7, 11) is 0. The molecule has 0 aliphatic carbocycles. The lowest BCUT2D eigenvalue weighted by atomic mass is 9.83. The van der Waals surface area contributed by atoms with E-state index in [4.69, 9.17) is 5.73 Å². The number of amides is 1. The Bertz CT molecular complexity index is 195. The quantitative estimate of drug-likeness (QED) is 0.509. The first-order chi connectivity index (χ1) is 8.14. The number of carbonyl (C=O) groups excluding carboxylic acids is 1. The number of aliphatic hydroxyl groups excluding tert-OH is 1. The van der Waals surface area contributed by atoms with Crippen molar-refractivity contribution in [2.45, 2.75) is 52.4 Å². The molecule has 0 saturated heterocycles. The molecule has 0 radical (unpaired) electrons. The number of unbranched alkanes of at least 4 members (excludes halogenated alkanes) is 2. The maximum Gasteiger partial charge on any atom is 0.220 e. The standard InChI is InChI=1S/C13H28N2O2/c1-3-13(4-2,11-16)10-15-12(17)8-6-5-7-9-14/h16H,3-11,14H2,1-2H3,(H,15,17). The molecule has 4 N–H and O–H groups in total. The lowest BCUT2D eigenvalue weighted by Crippen LogP contribution is -2.39. The van der Waals surface area contributed by atoms with Crippen molar-refractivity contribution in [3.05, 3.63) is 0 Å². The van der Waals surface area contributed by atoms with Crippen molar-refractivity contribution in [2.75, 3.05) is 19.7 Å². The van der Waals surface area contributed by atoms with Crippen LogP contribution in [0, 0.1) is 5.41 Å². The van der Waals surface area contributed by atoms with Crippen LogP contribution in [0.25, 0.3) is 0 Å². The fraction of sp³-hybridized carbons (Fsp3) is 0.923. The van der Waals surface area contributed by atoms with E-state index in [0.717, 1.165) is 32.1 Å². The van der Waals surface area contributed by atoms with Gasteiger partial charge in [-0.15, -0.1) is 0 Å². The summed E-state index contributed by atoms with van der Waals surface area (Å²) < 4.78 is 0. The zero-order chi connectivity index (χ0) is 13.1. The van der Waals surface area contributed by atoms with Crippen LogP contribution in [0.5, 0.6) is 0 Å². The number of aliphatic hydroxyl groups is 1. The van der Waals surface area contributed by atoms with Crippen molar-refractivity contribution in [3.63, 3.8) is 0 Å². The summed E-state index contributed by atoms with van der Waals surface area (Å²) in [6.07, 6.45) is 5.22. The van der Waals surface area contributed by atoms with E-state index in [0.29, 0.717) is 19.5 Å². The summed E-state index contributed by atoms with van der Waals surface area (Å²) in [5.41, 5.74) is 5.24. The number of nitrogens with two attached hydrogens (primary N) is 1. The number of nitrogens with one attached hydrogen (secondary N) is 1. The predicted octanol–water partition coefficient (Wildman–Crippen LogP) is 1.42. The molecule has 0 spiro atoms. The SMILES string of the molecule is CCC(CC)(CO)CNC(=O)CCCCCN. The second-order valence-electron chi connectivity index (χ2n) is 4.74. The Kier molecular flexibility index (Phi) is 9.09. The number of carbonyl (C=O) groups is 1. The maximum absolute atomic E-state index is 11.6. The van der Waals surface area contributed by atoms with Crippen LogP contribution < -0.4 is 11.1 Å². The first-order valence-electron chi connectivity index (χ1n) is 6.71. The van der Waals surface area contributed by atoms with E-state index >= 15 is 0 Å². The molecule has 17 heavy (non-hydrogen) atoms. The van der Waals surface area contributed by atoms with Crippen molar-refractivity contribution in [1.29, 1.82) is 0 Å². The van der Waals surface area contributed by atoms with Crippen LogP contribution >= 0.6 is 0 Å². The van der Waals surface area contributed by atoms with Gasteiger partial charge >= 0.3 is 0 Å². The third-order valence-corrected chi connectivity index (χ3v) is 3.60. The third-order valence-electron chi connectivity index (χ3n) is 3.60. The highest BCUT2D eigenvalue weighted by Gasteiger charge is 2.25. The fourth-order valence-corrected chi connectivity index (χ4v) is 1.76. The summed E-state index contributed by atoms with van der Waals surface area (Å²) in [5.74, 6) is 0.0850. The minimum atomic E-state index is -0.146. The molecule has 0 unspecified atom stereocenters. The second-order valence-corrected chi connectivity index (χ2v) is 4.74. The monoisotopic (exact) mass is 244 g/mol. The molecule has 102 valence electrons. The van der Waals surface area contributed by atoms with E-state index in [1.54, 1.807) is 0 Å². The van der Waals surface area contributed by atoms with Gasteiger partial charge in [0.25, 0.3) is 0 Å². The largest absolute Gasteiger partial charge is 0.396 e. The van der Waals surface area contributed by atoms with E-state index in [2.05, 4.69) is 5.32 Å². The number of hydrogen-bond acceptors (Lipinski definition) is 3. The lowest BCUT2D eigenvalue weighted by molar-refractivity contribution is -0.121. The molecule has 0 aromatic heterocycles. The molecule has 0 rings (SSSR count). The molecule has 0 heterocycles. The van der Waals surface area contributed by atoms with Gasteiger partial charge in [0.15, 0.2) is 0 Å². The van der Waals surface area contributed by atoms with Crippen LogP contribution in [-0.2, 0) is 4.79 Å². The van der Waals surface area contributed by atoms with Crippen molar-refractivity contribution in [3.8, 4) is 0 Å². The van der Waals surface area contributed by atoms with Gasteiger partial charge in [-0.2, -0.15) is 0 Å². The average molecular weight is 244 g/mol. The fourth-order valence-electron chi connectivity index (χ4n) is 1.76. The zero-order valence-corrected chi connectivity index (χ0v) is 11.3. The summed E-state index contributed by atoms with van der Waals surface area (Å²) in [5, 5.41) is 12.3. The topological polar surface area (TPSA) is 75.3 Å². The van der Waals surface area contributed by atoms with Crippen molar-refractivity contribution in [1.82, 2.24) is 5.32 Å². The van der Waals surface area contributed by atoms with Gasteiger partial charge in [0.1, 0.15) is 0 Å². The second kappa shape index (κ2) is 9.42. The maximum atomic E-state index is 11.6. The summed E-state index contributed by atoms with van der Waals surface area (Å²) in [6.45, 7) is 5.50. The molecule has 0 aliphatic heterocycles. The first-order valence-corrected chi connectivity index (χ1v) is 6.71. The van der Waals surface area contributed by atoms with Gasteiger partial charge in [-0.05, 0) is 32.2 Å². The molecule has 0 fully saturated rings. The molecule has 4 heteroatoms. The van der Waals surface area contributed by atoms with Crippen LogP contribution in [0.1, 0.15) is 52.4 Å². The van der Waals surface area contributed by atoms with E-state index in [-0.39, 0.29) is 17.9 Å². The first kappa shape index (κ1) is 16.4. The molecule has 0 aliphatic rings. The third kappa shape index (κ3) is 6.64. The van der Waals surface area contributed by atoms with Crippen molar-refractivity contribution < 1.29 is 9.90 Å². The minimum Gasteiger partial charge on any atom is -0.396 e. The van der Waals surface area contributed by atoms with E-state index in [9.17, 15) is 9.90 Å². The zero-order valence-electron chi connectivity index (χ0n) is 11.3. The van der Waals surface area contributed by atoms with Crippen molar-refractivity contribution >= 4 is 5.91 Å². The molecule has 4 nitrogen and oxygen atoms in total. The van der Waals surface area contributed by atoms with Gasteiger partial charge in [0.05, 0.1) is 6.61 Å². The van der Waals surface area contributed by atoms with Gasteiger partial charge < -0.3 is 16.2 Å². The number of rotatable bonds is 10. The van der Waals surface area contributed by atoms with Crippen LogP contribution in [0.3, 0.4) is 0 Å². The Morgan fingerprint density at radius 2 is 1.88 bits per heavy atom. The Morgan fingerprint density at radius 3 is 2.35 bits per heavy atom. The molecule has 0 atom stereocenters. The van der Waals surface area contributed by atoms with E-state index in [1.807, 2.05) is 13.8 Å². The van der Waals surface area contributed by atoms with Gasteiger partial charge in [-0.25, -0.2) is 0 Å². The van der Waals surface area contributed by atoms with Gasteiger partial charge in [0.2, 0.25) is 5.91 Å². The molecule has 0 bridgehead atoms. The Labute approximate surface area is 105 Å². The Morgan fingerprint density at radius 1 is 1.24 bits per heavy atom. The lowest BCUT2D eigenvalue weighted by Gasteiger charge is -2.29. The summed E-state index contributed by atoms with van der Waals surface area (Å²) in [4.78, 5) is 11.6. The van der Waals surface area contributed by atoms with Gasteiger partial charge in [-0.1, -0.05) is 20.3 Å². The minimum absolute atomic E-state index is 0.0850. The van der Waals surface area contributed by atoms with Crippen LogP contribution in [-0.4, -0.2) is 30.7 Å². The molecule has 0 saturated carbocycles. The van der Waals surface area contributed by atoms with Crippen LogP contribution in [0.2, 0.25) is 0 Å². The molecule has 0 aromatic carbocycles. The average Bonchev–Trinajstić information content (AvgIpc) is 2.37. The van der Waals surface area contributed by atoms with Crippen molar-refractivity contribution in [2.24, 2.45) is 11.1 Å². The van der Waals surface area contributed by atoms with E-state index in [1.165, 1.54) is 0 Å². The van der Waals surface area contributed by atoms with Crippen LogP contribution in [0.15, 0.2) is 0 Å². The highest BCUT2D eigenvalue weighted by atomic mass is 16.3. The predicted molar refractivity (Wildman–Crippen MR) is 70.6 cm³/mol. The molecular weight excluding hydrogens is 216 g/mol. The Balaban J connectivity index is 3.81. The number of hydrogen-bond donors (Lipinski definition) is 3. The highest BCUT2D eigenvalue weighted by molar-refractivity contribution is 5.75. The highest BCUT2D eigenvalue weighted by Crippen LogP contribution is 2.24. The molecule has 1 amide bonds. The van der Waals surface area contributed by atoms with Gasteiger partial charge in [0, 0.05) is 18.4 Å². The normalized spacial score (nSPS) is 11.5. The van der Waals surface area contributed by atoms with E-state index < -0.39 is 0 Å². The van der Waals surface area contributed by atoms with Crippen LogP contribution in [0.4, 0.5) is 0 Å². The molecular formula is C13H28N2O2. The molecule has 0 aromatic rings. The summed E-state index contributed by atoms with van der Waals surface area (Å²) in [6, 6.07) is 0. The Hall–Kier alpha value is -0.610. The summed E-state index contributed by atoms with van der Waals surface area (Å²) >= 11 is 0.